The Hall–Kier alpha value is -0.120. The first-order chi connectivity index (χ1) is 11.1. The summed E-state index contributed by atoms with van der Waals surface area (Å²) in [6.45, 7) is 7.84. The molecule has 0 aliphatic carbocycles. The zero-order valence-electron chi connectivity index (χ0n) is 15.3. The molecule has 0 aromatic heterocycles. The first-order valence-electron chi connectivity index (χ1n) is 10.0. The Morgan fingerprint density at radius 3 is 2.13 bits per heavy atom. The molecule has 6 atom stereocenters. The summed E-state index contributed by atoms with van der Waals surface area (Å²) in [5, 5.41) is 0. The van der Waals surface area contributed by atoms with E-state index < -0.39 is 0 Å². The second-order valence-corrected chi connectivity index (χ2v) is 8.42. The molecule has 3 heterocycles. The van der Waals surface area contributed by atoms with Gasteiger partial charge in [-0.3, -0.25) is 0 Å². The van der Waals surface area contributed by atoms with Gasteiger partial charge in [0.1, 0.15) is 0 Å². The number of rotatable bonds is 7. The van der Waals surface area contributed by atoms with Crippen LogP contribution in [0.25, 0.3) is 0 Å². The fraction of sp³-hybridized carbons (Fsp3) is 1.00. The highest BCUT2D eigenvalue weighted by atomic mass is 16.5. The molecule has 3 fully saturated rings. The van der Waals surface area contributed by atoms with Gasteiger partial charge in [-0.1, -0.05) is 20.8 Å². The van der Waals surface area contributed by atoms with Gasteiger partial charge in [-0.15, -0.1) is 0 Å². The summed E-state index contributed by atoms with van der Waals surface area (Å²) in [6.07, 6.45) is 13.4. The van der Waals surface area contributed by atoms with Gasteiger partial charge in [-0.05, 0) is 69.6 Å². The minimum Gasteiger partial charge on any atom is -0.378 e. The molecule has 0 amide bonds. The van der Waals surface area contributed by atoms with E-state index in [2.05, 4.69) is 20.8 Å². The third-order valence-electron chi connectivity index (χ3n) is 6.12. The Balaban J connectivity index is 1.32. The molecule has 23 heavy (non-hydrogen) atoms. The molecule has 0 spiro atoms. The molecular weight excluding hydrogens is 288 g/mol. The highest BCUT2D eigenvalue weighted by Gasteiger charge is 2.32. The van der Waals surface area contributed by atoms with Crippen LogP contribution >= 0.6 is 0 Å². The van der Waals surface area contributed by atoms with Crippen LogP contribution in [0.3, 0.4) is 0 Å². The minimum atomic E-state index is 0.465. The summed E-state index contributed by atoms with van der Waals surface area (Å²) >= 11 is 0. The van der Waals surface area contributed by atoms with Crippen LogP contribution in [0.5, 0.6) is 0 Å². The molecule has 0 aromatic carbocycles. The van der Waals surface area contributed by atoms with Gasteiger partial charge in [0.05, 0.1) is 30.5 Å². The number of ether oxygens (including phenoxy) is 3. The van der Waals surface area contributed by atoms with Gasteiger partial charge in [0, 0.05) is 6.61 Å². The van der Waals surface area contributed by atoms with Crippen LogP contribution in [0.2, 0.25) is 0 Å². The quantitative estimate of drug-likeness (QED) is 0.678. The summed E-state index contributed by atoms with van der Waals surface area (Å²) in [6, 6.07) is 0. The highest BCUT2D eigenvalue weighted by molar-refractivity contribution is 4.81. The van der Waals surface area contributed by atoms with Crippen LogP contribution in [0.4, 0.5) is 0 Å². The summed E-state index contributed by atoms with van der Waals surface area (Å²) < 4.78 is 18.3. The minimum absolute atomic E-state index is 0.465. The molecule has 0 N–H and O–H groups in total. The average molecular weight is 325 g/mol. The van der Waals surface area contributed by atoms with Gasteiger partial charge in [0.2, 0.25) is 0 Å². The van der Waals surface area contributed by atoms with E-state index >= 15 is 0 Å². The van der Waals surface area contributed by atoms with Gasteiger partial charge in [0.25, 0.3) is 0 Å². The van der Waals surface area contributed by atoms with Crippen molar-refractivity contribution in [3.8, 4) is 0 Å². The van der Waals surface area contributed by atoms with E-state index in [1.54, 1.807) is 0 Å². The van der Waals surface area contributed by atoms with E-state index in [0.29, 0.717) is 42.4 Å². The maximum atomic E-state index is 6.31. The molecular formula is C20H36O3. The molecule has 0 aromatic rings. The van der Waals surface area contributed by atoms with Gasteiger partial charge in [-0.2, -0.15) is 0 Å². The Bertz CT molecular complexity index is 351. The lowest BCUT2D eigenvalue weighted by Crippen LogP contribution is -2.23. The summed E-state index contributed by atoms with van der Waals surface area (Å²) in [5.41, 5.74) is 0. The number of hydrogen-bond donors (Lipinski definition) is 0. The summed E-state index contributed by atoms with van der Waals surface area (Å²) in [4.78, 5) is 0. The third kappa shape index (κ3) is 4.93. The van der Waals surface area contributed by atoms with E-state index in [0.717, 1.165) is 6.61 Å². The van der Waals surface area contributed by atoms with Gasteiger partial charge in [0.15, 0.2) is 0 Å². The smallest absolute Gasteiger partial charge is 0.0602 e. The molecule has 3 saturated heterocycles. The largest absolute Gasteiger partial charge is 0.378 e. The van der Waals surface area contributed by atoms with Gasteiger partial charge < -0.3 is 14.2 Å². The summed E-state index contributed by atoms with van der Waals surface area (Å²) in [7, 11) is 0. The molecule has 0 radical (unpaired) electrons. The third-order valence-corrected chi connectivity index (χ3v) is 6.12. The van der Waals surface area contributed by atoms with E-state index in [1.807, 2.05) is 0 Å². The maximum Gasteiger partial charge on any atom is 0.0602 e. The van der Waals surface area contributed by atoms with Crippen LogP contribution in [0.1, 0.15) is 78.6 Å². The first kappa shape index (κ1) is 17.7. The maximum absolute atomic E-state index is 6.31. The SMILES string of the molecule is CC(C)C1CCC(CC[C@@H]2CCC(CC(C)[C@H]3CCCO3)O2)O1. The van der Waals surface area contributed by atoms with Crippen molar-refractivity contribution in [3.05, 3.63) is 0 Å². The van der Waals surface area contributed by atoms with Gasteiger partial charge in [-0.25, -0.2) is 0 Å². The van der Waals surface area contributed by atoms with Crippen molar-refractivity contribution in [2.45, 2.75) is 109 Å². The van der Waals surface area contributed by atoms with Crippen molar-refractivity contribution in [2.24, 2.45) is 11.8 Å². The molecule has 3 aliphatic rings. The normalized spacial score (nSPS) is 39.4. The molecule has 3 aliphatic heterocycles. The molecule has 0 bridgehead atoms. The topological polar surface area (TPSA) is 27.7 Å². The van der Waals surface area contributed by atoms with Crippen molar-refractivity contribution >= 4 is 0 Å². The van der Waals surface area contributed by atoms with Crippen LogP contribution in [-0.2, 0) is 14.2 Å². The molecule has 134 valence electrons. The lowest BCUT2D eigenvalue weighted by Gasteiger charge is -2.22. The highest BCUT2D eigenvalue weighted by Crippen LogP contribution is 2.33. The second kappa shape index (κ2) is 8.31. The van der Waals surface area contributed by atoms with Crippen molar-refractivity contribution in [3.63, 3.8) is 0 Å². The van der Waals surface area contributed by atoms with Crippen LogP contribution in [0, 0.1) is 11.8 Å². The van der Waals surface area contributed by atoms with E-state index in [1.165, 1.54) is 57.8 Å². The van der Waals surface area contributed by atoms with Crippen molar-refractivity contribution in [1.29, 1.82) is 0 Å². The first-order valence-corrected chi connectivity index (χ1v) is 10.0. The zero-order valence-corrected chi connectivity index (χ0v) is 15.3. The Labute approximate surface area is 142 Å². The van der Waals surface area contributed by atoms with E-state index in [-0.39, 0.29) is 0 Å². The molecule has 0 saturated carbocycles. The predicted molar refractivity (Wildman–Crippen MR) is 92.6 cm³/mol. The fourth-order valence-corrected chi connectivity index (χ4v) is 4.59. The van der Waals surface area contributed by atoms with Crippen LogP contribution < -0.4 is 0 Å². The molecule has 3 nitrogen and oxygen atoms in total. The Morgan fingerprint density at radius 1 is 0.783 bits per heavy atom. The average Bonchev–Trinajstić information content (AvgIpc) is 3.26. The number of hydrogen-bond acceptors (Lipinski definition) is 3. The Morgan fingerprint density at radius 2 is 1.48 bits per heavy atom. The van der Waals surface area contributed by atoms with Crippen LogP contribution in [0.15, 0.2) is 0 Å². The fourth-order valence-electron chi connectivity index (χ4n) is 4.59. The van der Waals surface area contributed by atoms with E-state index in [4.69, 9.17) is 14.2 Å². The molecule has 4 unspecified atom stereocenters. The monoisotopic (exact) mass is 324 g/mol. The van der Waals surface area contributed by atoms with E-state index in [9.17, 15) is 0 Å². The van der Waals surface area contributed by atoms with Crippen LogP contribution in [-0.4, -0.2) is 37.1 Å². The lowest BCUT2D eigenvalue weighted by atomic mass is 9.94. The molecule has 3 rings (SSSR count). The zero-order chi connectivity index (χ0) is 16.2. The van der Waals surface area contributed by atoms with Gasteiger partial charge >= 0.3 is 0 Å². The lowest BCUT2D eigenvalue weighted by molar-refractivity contribution is -0.0137. The standard InChI is InChI=1S/C20H36O3/c1-14(2)19-11-10-17(23-19)7-6-16-8-9-18(22-16)13-15(3)20-5-4-12-21-20/h14-20H,4-13H2,1-3H3/t15?,16-,17?,18?,19?,20-/m1/s1. The van der Waals surface area contributed by atoms with Crippen molar-refractivity contribution < 1.29 is 14.2 Å². The van der Waals surface area contributed by atoms with Crippen molar-refractivity contribution in [2.75, 3.05) is 6.61 Å². The Kier molecular flexibility index (Phi) is 6.39. The summed E-state index contributed by atoms with van der Waals surface area (Å²) in [5.74, 6) is 1.30. The molecule has 3 heteroatoms. The predicted octanol–water partition coefficient (Wildman–Crippen LogP) is 4.72. The van der Waals surface area contributed by atoms with Crippen molar-refractivity contribution in [1.82, 2.24) is 0 Å². The second-order valence-electron chi connectivity index (χ2n) is 8.42.